The number of carbonyl (C=O) groups excluding carboxylic acids is 2. The lowest BCUT2D eigenvalue weighted by Crippen LogP contribution is -2.53. The van der Waals surface area contributed by atoms with E-state index in [1.807, 2.05) is 6.92 Å². The normalized spacial score (nSPS) is 18.8. The molecule has 0 radical (unpaired) electrons. The van der Waals surface area contributed by atoms with Gasteiger partial charge in [0.25, 0.3) is 0 Å². The van der Waals surface area contributed by atoms with E-state index < -0.39 is 6.04 Å². The summed E-state index contributed by atoms with van der Waals surface area (Å²) in [5.41, 5.74) is 1.60. The molecule has 3 N–H and O–H groups in total. The summed E-state index contributed by atoms with van der Waals surface area (Å²) in [6.45, 7) is 3.16. The largest absolute Gasteiger partial charge is 0.353 e. The molecule has 0 unspecified atom stereocenters. The van der Waals surface area contributed by atoms with Gasteiger partial charge in [-0.1, -0.05) is 11.6 Å². The fourth-order valence-corrected chi connectivity index (χ4v) is 2.19. The molecule has 2 rings (SSSR count). The van der Waals surface area contributed by atoms with Crippen LogP contribution in [0, 0.1) is 6.92 Å². The van der Waals surface area contributed by atoms with Crippen LogP contribution in [0.15, 0.2) is 18.2 Å². The van der Waals surface area contributed by atoms with Gasteiger partial charge in [-0.2, -0.15) is 0 Å². The van der Waals surface area contributed by atoms with Crippen LogP contribution in [0.4, 0.5) is 5.69 Å². The van der Waals surface area contributed by atoms with Crippen LogP contribution in [0.1, 0.15) is 12.0 Å². The van der Waals surface area contributed by atoms with Gasteiger partial charge in [0.2, 0.25) is 11.8 Å². The van der Waals surface area contributed by atoms with Gasteiger partial charge in [-0.25, -0.2) is 0 Å². The van der Waals surface area contributed by atoms with Gasteiger partial charge in [-0.15, -0.1) is 0 Å². The van der Waals surface area contributed by atoms with Gasteiger partial charge in [0, 0.05) is 23.8 Å². The molecule has 0 saturated carbocycles. The van der Waals surface area contributed by atoms with Gasteiger partial charge in [-0.05, 0) is 30.7 Å². The van der Waals surface area contributed by atoms with Crippen molar-refractivity contribution in [3.63, 3.8) is 0 Å². The van der Waals surface area contributed by atoms with Crippen molar-refractivity contribution < 1.29 is 9.59 Å². The zero-order valence-electron chi connectivity index (χ0n) is 10.6. The topological polar surface area (TPSA) is 70.2 Å². The first kappa shape index (κ1) is 13.8. The van der Waals surface area contributed by atoms with Crippen LogP contribution in [-0.4, -0.2) is 30.9 Å². The van der Waals surface area contributed by atoms with Crippen LogP contribution in [-0.2, 0) is 9.59 Å². The van der Waals surface area contributed by atoms with Crippen molar-refractivity contribution in [2.75, 3.05) is 18.4 Å². The van der Waals surface area contributed by atoms with Gasteiger partial charge in [-0.3, -0.25) is 9.59 Å². The van der Waals surface area contributed by atoms with Crippen molar-refractivity contribution in [1.82, 2.24) is 10.6 Å². The molecule has 1 fully saturated rings. The number of hydrogen-bond acceptors (Lipinski definition) is 3. The number of carbonyl (C=O) groups is 2. The van der Waals surface area contributed by atoms with Crippen LogP contribution in [0.5, 0.6) is 0 Å². The molecule has 6 heteroatoms. The quantitative estimate of drug-likeness (QED) is 0.776. The minimum absolute atomic E-state index is 0.119. The van der Waals surface area contributed by atoms with E-state index in [0.717, 1.165) is 5.56 Å². The zero-order valence-corrected chi connectivity index (χ0v) is 11.4. The molecule has 0 aromatic heterocycles. The number of halogens is 1. The van der Waals surface area contributed by atoms with Gasteiger partial charge < -0.3 is 16.0 Å². The predicted molar refractivity (Wildman–Crippen MR) is 74.2 cm³/mol. The van der Waals surface area contributed by atoms with Crippen LogP contribution in [0.2, 0.25) is 5.02 Å². The van der Waals surface area contributed by atoms with Crippen LogP contribution >= 0.6 is 11.6 Å². The molecule has 5 nitrogen and oxygen atoms in total. The van der Waals surface area contributed by atoms with Crippen molar-refractivity contribution in [3.8, 4) is 0 Å². The zero-order chi connectivity index (χ0) is 13.8. The second kappa shape index (κ2) is 6.04. The third-order valence-corrected chi connectivity index (χ3v) is 3.22. The Balaban J connectivity index is 1.95. The van der Waals surface area contributed by atoms with E-state index in [1.165, 1.54) is 0 Å². The second-order valence-corrected chi connectivity index (χ2v) is 4.95. The number of benzene rings is 1. The lowest BCUT2D eigenvalue weighted by Gasteiger charge is -2.23. The van der Waals surface area contributed by atoms with E-state index in [9.17, 15) is 9.59 Å². The summed E-state index contributed by atoms with van der Waals surface area (Å²) < 4.78 is 0. The molecule has 1 saturated heterocycles. The Labute approximate surface area is 116 Å². The molecule has 19 heavy (non-hydrogen) atoms. The Kier molecular flexibility index (Phi) is 4.39. The smallest absolute Gasteiger partial charge is 0.237 e. The van der Waals surface area contributed by atoms with E-state index in [4.69, 9.17) is 11.6 Å². The van der Waals surface area contributed by atoms with Gasteiger partial charge >= 0.3 is 0 Å². The minimum Gasteiger partial charge on any atom is -0.353 e. The lowest BCUT2D eigenvalue weighted by molar-refractivity contribution is -0.127. The number of rotatable bonds is 3. The Morgan fingerprint density at radius 3 is 2.95 bits per heavy atom. The van der Waals surface area contributed by atoms with Crippen LogP contribution in [0.25, 0.3) is 0 Å². The summed E-state index contributed by atoms with van der Waals surface area (Å²) in [6, 6.07) is 4.80. The highest BCUT2D eigenvalue weighted by Crippen LogP contribution is 2.19. The maximum Gasteiger partial charge on any atom is 0.237 e. The maximum absolute atomic E-state index is 11.9. The van der Waals surface area contributed by atoms with Crippen molar-refractivity contribution in [2.45, 2.75) is 19.4 Å². The first-order valence-electron chi connectivity index (χ1n) is 6.13. The second-order valence-electron chi connectivity index (χ2n) is 4.51. The Bertz CT molecular complexity index is 505. The molecule has 1 heterocycles. The molecule has 1 aliphatic rings. The van der Waals surface area contributed by atoms with Gasteiger partial charge in [0.1, 0.15) is 0 Å². The number of nitrogens with one attached hydrogen (secondary N) is 3. The van der Waals surface area contributed by atoms with E-state index in [2.05, 4.69) is 16.0 Å². The molecule has 1 atom stereocenters. The molecular formula is C13H16ClN3O2. The number of anilines is 1. The molecule has 1 aliphatic heterocycles. The molecule has 2 amide bonds. The van der Waals surface area contributed by atoms with E-state index >= 15 is 0 Å². The van der Waals surface area contributed by atoms with Crippen LogP contribution in [0.3, 0.4) is 0 Å². The number of amides is 2. The SMILES string of the molecule is Cc1cc(Cl)ccc1NC(=O)C[C@H]1NCCNC1=O. The first-order chi connectivity index (χ1) is 9.06. The van der Waals surface area contributed by atoms with Gasteiger partial charge in [0.15, 0.2) is 0 Å². The maximum atomic E-state index is 11.9. The molecule has 1 aromatic carbocycles. The molecule has 0 aliphatic carbocycles. The lowest BCUT2D eigenvalue weighted by atomic mass is 10.1. The fourth-order valence-electron chi connectivity index (χ4n) is 1.97. The van der Waals surface area contributed by atoms with E-state index in [1.54, 1.807) is 18.2 Å². The monoisotopic (exact) mass is 281 g/mol. The molecule has 102 valence electrons. The van der Waals surface area contributed by atoms with Crippen molar-refractivity contribution in [2.24, 2.45) is 0 Å². The molecule has 0 spiro atoms. The van der Waals surface area contributed by atoms with Crippen molar-refractivity contribution in [3.05, 3.63) is 28.8 Å². The average molecular weight is 282 g/mol. The Morgan fingerprint density at radius 2 is 2.26 bits per heavy atom. The molecule has 0 bridgehead atoms. The molecular weight excluding hydrogens is 266 g/mol. The number of piperazine rings is 1. The highest BCUT2D eigenvalue weighted by Gasteiger charge is 2.24. The Morgan fingerprint density at radius 1 is 1.47 bits per heavy atom. The average Bonchev–Trinajstić information content (AvgIpc) is 2.36. The fraction of sp³-hybridized carbons (Fsp3) is 0.385. The molecule has 1 aromatic rings. The summed E-state index contributed by atoms with van der Waals surface area (Å²) in [4.78, 5) is 23.4. The summed E-state index contributed by atoms with van der Waals surface area (Å²) in [5, 5.41) is 9.15. The van der Waals surface area contributed by atoms with Crippen molar-refractivity contribution in [1.29, 1.82) is 0 Å². The summed E-state index contributed by atoms with van der Waals surface area (Å²) >= 11 is 5.85. The van der Waals surface area contributed by atoms with Crippen molar-refractivity contribution >= 4 is 29.1 Å². The van der Waals surface area contributed by atoms with Gasteiger partial charge in [0.05, 0.1) is 12.5 Å². The summed E-state index contributed by atoms with van der Waals surface area (Å²) in [6.07, 6.45) is 0.119. The third kappa shape index (κ3) is 3.68. The Hall–Kier alpha value is -1.59. The van der Waals surface area contributed by atoms with E-state index in [-0.39, 0.29) is 18.2 Å². The number of hydrogen-bond donors (Lipinski definition) is 3. The standard InChI is InChI=1S/C13H16ClN3O2/c1-8-6-9(14)2-3-10(8)17-12(18)7-11-13(19)16-5-4-15-11/h2-3,6,11,15H,4-5,7H2,1H3,(H,16,19)(H,17,18)/t11-/m1/s1. The minimum atomic E-state index is -0.457. The highest BCUT2D eigenvalue weighted by atomic mass is 35.5. The predicted octanol–water partition coefficient (Wildman–Crippen LogP) is 1.07. The highest BCUT2D eigenvalue weighted by molar-refractivity contribution is 6.30. The van der Waals surface area contributed by atoms with Crippen LogP contribution < -0.4 is 16.0 Å². The summed E-state index contributed by atoms with van der Waals surface area (Å²) in [5.74, 6) is -0.325. The third-order valence-electron chi connectivity index (χ3n) is 2.98. The number of aryl methyl sites for hydroxylation is 1. The summed E-state index contributed by atoms with van der Waals surface area (Å²) in [7, 11) is 0. The first-order valence-corrected chi connectivity index (χ1v) is 6.51. The van der Waals surface area contributed by atoms with E-state index in [0.29, 0.717) is 23.8 Å².